The lowest BCUT2D eigenvalue weighted by molar-refractivity contribution is -0.139. The number of hydrogen-bond acceptors (Lipinski definition) is 4. The van der Waals surface area contributed by atoms with Crippen LogP contribution in [0.1, 0.15) is 6.42 Å². The topological polar surface area (TPSA) is 71.5 Å². The minimum absolute atomic E-state index is 0.171. The quantitative estimate of drug-likeness (QED) is 0.767. The summed E-state index contributed by atoms with van der Waals surface area (Å²) in [6, 6.07) is 19.2. The van der Waals surface area contributed by atoms with Gasteiger partial charge in [0.2, 0.25) is 0 Å². The van der Waals surface area contributed by atoms with Crippen molar-refractivity contribution in [2.45, 2.75) is 18.6 Å². The summed E-state index contributed by atoms with van der Waals surface area (Å²) in [7, 11) is 0. The van der Waals surface area contributed by atoms with Crippen molar-refractivity contribution in [2.24, 2.45) is 0 Å². The van der Waals surface area contributed by atoms with Gasteiger partial charge in [-0.25, -0.2) is 4.98 Å². The molecule has 2 heterocycles. The summed E-state index contributed by atoms with van der Waals surface area (Å²) in [6.45, 7) is 0.522. The van der Waals surface area contributed by atoms with Crippen molar-refractivity contribution in [3.63, 3.8) is 0 Å². The maximum Gasteiger partial charge on any atom is 0.320 e. The fraction of sp³-hybridized carbons (Fsp3) is 0.200. The Hall–Kier alpha value is -2.92. The van der Waals surface area contributed by atoms with Gasteiger partial charge in [-0.05, 0) is 12.1 Å². The Morgan fingerprint density at radius 2 is 1.88 bits per heavy atom. The van der Waals surface area contributed by atoms with E-state index in [9.17, 15) is 4.79 Å². The lowest BCUT2D eigenvalue weighted by atomic mass is 10.1. The summed E-state index contributed by atoms with van der Waals surface area (Å²) in [6.07, 6.45) is 0.280. The summed E-state index contributed by atoms with van der Waals surface area (Å²) in [5, 5.41) is 13.0. The van der Waals surface area contributed by atoms with E-state index in [4.69, 9.17) is 14.8 Å². The average Bonchev–Trinajstić information content (AvgIpc) is 3.11. The molecular formula is C20H18N2O3. The molecule has 126 valence electrons. The summed E-state index contributed by atoms with van der Waals surface area (Å²) in [5.41, 5.74) is 2.72. The van der Waals surface area contributed by atoms with Gasteiger partial charge in [-0.2, -0.15) is 0 Å². The maximum absolute atomic E-state index is 11.1. The summed E-state index contributed by atoms with van der Waals surface area (Å²) in [4.78, 5) is 15.9. The van der Waals surface area contributed by atoms with Crippen molar-refractivity contribution in [1.82, 2.24) is 10.3 Å². The van der Waals surface area contributed by atoms with Crippen LogP contribution >= 0.6 is 0 Å². The number of aromatic nitrogens is 1. The molecule has 0 bridgehead atoms. The second kappa shape index (κ2) is 6.53. The lowest BCUT2D eigenvalue weighted by Gasteiger charge is -2.16. The Labute approximate surface area is 145 Å². The predicted octanol–water partition coefficient (Wildman–Crippen LogP) is 3.10. The Balaban J connectivity index is 1.71. The first kappa shape index (κ1) is 15.6. The summed E-state index contributed by atoms with van der Waals surface area (Å²) >= 11 is 0. The van der Waals surface area contributed by atoms with Gasteiger partial charge < -0.3 is 15.2 Å². The molecule has 0 spiro atoms. The van der Waals surface area contributed by atoms with Crippen molar-refractivity contribution < 1.29 is 14.6 Å². The lowest BCUT2D eigenvalue weighted by Crippen LogP contribution is -2.30. The van der Waals surface area contributed by atoms with E-state index in [2.05, 4.69) is 5.32 Å². The Morgan fingerprint density at radius 1 is 1.12 bits per heavy atom. The molecule has 25 heavy (non-hydrogen) atoms. The van der Waals surface area contributed by atoms with Crippen LogP contribution in [0.3, 0.4) is 0 Å². The molecule has 4 rings (SSSR count). The molecule has 0 saturated carbocycles. The number of benzene rings is 2. The normalized spacial score (nSPS) is 19.8. The first-order valence-corrected chi connectivity index (χ1v) is 8.29. The molecule has 0 radical (unpaired) electrons. The predicted molar refractivity (Wildman–Crippen MR) is 95.6 cm³/mol. The molecule has 2 atom stereocenters. The molecule has 1 aliphatic heterocycles. The van der Waals surface area contributed by atoms with Crippen LogP contribution in [0.4, 0.5) is 0 Å². The maximum atomic E-state index is 11.1. The highest BCUT2D eigenvalue weighted by Gasteiger charge is 2.30. The SMILES string of the molecule is O=C(O)C1CC(Oc2cc(-c3ccccc3)nc3ccccc23)CN1. The van der Waals surface area contributed by atoms with Gasteiger partial charge in [0.1, 0.15) is 17.9 Å². The number of ether oxygens (including phenoxy) is 1. The van der Waals surface area contributed by atoms with Crippen molar-refractivity contribution in [3.8, 4) is 17.0 Å². The van der Waals surface area contributed by atoms with E-state index in [1.54, 1.807) is 0 Å². The zero-order valence-electron chi connectivity index (χ0n) is 13.6. The average molecular weight is 334 g/mol. The van der Waals surface area contributed by atoms with Crippen LogP contribution in [0, 0.1) is 0 Å². The number of carbonyl (C=O) groups is 1. The smallest absolute Gasteiger partial charge is 0.320 e. The second-order valence-electron chi connectivity index (χ2n) is 6.16. The number of carboxylic acid groups (broad SMARTS) is 1. The number of fused-ring (bicyclic) bond motifs is 1. The Bertz CT molecular complexity index is 911. The van der Waals surface area contributed by atoms with E-state index < -0.39 is 12.0 Å². The van der Waals surface area contributed by atoms with Crippen molar-refractivity contribution in [2.75, 3.05) is 6.54 Å². The first-order chi connectivity index (χ1) is 12.2. The van der Waals surface area contributed by atoms with Gasteiger partial charge in [0, 0.05) is 30.0 Å². The molecular weight excluding hydrogens is 316 g/mol. The molecule has 0 aliphatic carbocycles. The molecule has 0 amide bonds. The monoisotopic (exact) mass is 334 g/mol. The van der Waals surface area contributed by atoms with Gasteiger partial charge in [0.25, 0.3) is 0 Å². The van der Waals surface area contributed by atoms with Crippen LogP contribution < -0.4 is 10.1 Å². The largest absolute Gasteiger partial charge is 0.488 e. The Morgan fingerprint density at radius 3 is 2.64 bits per heavy atom. The minimum atomic E-state index is -0.837. The highest BCUT2D eigenvalue weighted by atomic mass is 16.5. The molecule has 3 aromatic rings. The van der Waals surface area contributed by atoms with Crippen molar-refractivity contribution in [1.29, 1.82) is 0 Å². The molecule has 1 fully saturated rings. The molecule has 1 aromatic heterocycles. The first-order valence-electron chi connectivity index (χ1n) is 8.29. The molecule has 2 aromatic carbocycles. The number of pyridine rings is 1. The molecule has 5 nitrogen and oxygen atoms in total. The number of carboxylic acids is 1. The third-order valence-electron chi connectivity index (χ3n) is 4.43. The molecule has 2 N–H and O–H groups in total. The molecule has 1 saturated heterocycles. The van der Waals surface area contributed by atoms with Gasteiger partial charge in [0.05, 0.1) is 11.2 Å². The fourth-order valence-corrected chi connectivity index (χ4v) is 3.16. The van der Waals surface area contributed by atoms with Crippen LogP contribution in [0.2, 0.25) is 0 Å². The molecule has 5 heteroatoms. The highest BCUT2D eigenvalue weighted by molar-refractivity contribution is 5.88. The number of rotatable bonds is 4. The van der Waals surface area contributed by atoms with Crippen LogP contribution in [-0.4, -0.2) is 34.8 Å². The van der Waals surface area contributed by atoms with Gasteiger partial charge in [0.15, 0.2) is 0 Å². The second-order valence-corrected chi connectivity index (χ2v) is 6.16. The number of nitrogens with one attached hydrogen (secondary N) is 1. The third-order valence-corrected chi connectivity index (χ3v) is 4.43. The van der Waals surface area contributed by atoms with Gasteiger partial charge >= 0.3 is 5.97 Å². The summed E-state index contributed by atoms with van der Waals surface area (Å²) < 4.78 is 6.17. The van der Waals surface area contributed by atoms with Crippen LogP contribution in [0.25, 0.3) is 22.2 Å². The van der Waals surface area contributed by atoms with Gasteiger partial charge in [-0.15, -0.1) is 0 Å². The number of nitrogens with zero attached hydrogens (tertiary/aromatic N) is 1. The minimum Gasteiger partial charge on any atom is -0.488 e. The standard InChI is InChI=1S/C20H18N2O3/c23-20(24)18-10-14(12-21-18)25-19-11-17(13-6-2-1-3-7-13)22-16-9-5-4-8-15(16)19/h1-9,11,14,18,21H,10,12H2,(H,23,24). The summed E-state index contributed by atoms with van der Waals surface area (Å²) in [5.74, 6) is -0.0991. The zero-order valence-corrected chi connectivity index (χ0v) is 13.6. The van der Waals surface area contributed by atoms with Crippen molar-refractivity contribution >= 4 is 16.9 Å². The highest BCUT2D eigenvalue weighted by Crippen LogP contribution is 2.31. The van der Waals surface area contributed by atoms with Crippen LogP contribution in [0.15, 0.2) is 60.7 Å². The number of aliphatic carboxylic acids is 1. The van der Waals surface area contributed by atoms with E-state index in [0.717, 1.165) is 27.9 Å². The number of hydrogen-bond donors (Lipinski definition) is 2. The van der Waals surface area contributed by atoms with Crippen LogP contribution in [0.5, 0.6) is 5.75 Å². The van der Waals surface area contributed by atoms with E-state index >= 15 is 0 Å². The number of para-hydroxylation sites is 1. The molecule has 2 unspecified atom stereocenters. The van der Waals surface area contributed by atoms with E-state index in [1.165, 1.54) is 0 Å². The van der Waals surface area contributed by atoms with E-state index in [0.29, 0.717) is 13.0 Å². The van der Waals surface area contributed by atoms with Gasteiger partial charge in [-0.3, -0.25) is 4.79 Å². The fourth-order valence-electron chi connectivity index (χ4n) is 3.16. The Kier molecular flexibility index (Phi) is 4.07. The van der Waals surface area contributed by atoms with Gasteiger partial charge in [-0.1, -0.05) is 42.5 Å². The van der Waals surface area contributed by atoms with Crippen LogP contribution in [-0.2, 0) is 4.79 Å². The van der Waals surface area contributed by atoms with E-state index in [-0.39, 0.29) is 6.10 Å². The van der Waals surface area contributed by atoms with E-state index in [1.807, 2.05) is 60.7 Å². The molecule has 1 aliphatic rings. The van der Waals surface area contributed by atoms with Crippen molar-refractivity contribution in [3.05, 3.63) is 60.7 Å². The zero-order chi connectivity index (χ0) is 17.2. The third kappa shape index (κ3) is 3.19.